The van der Waals surface area contributed by atoms with Crippen LogP contribution in [0.15, 0.2) is 24.3 Å². The summed E-state index contributed by atoms with van der Waals surface area (Å²) < 4.78 is 5.44. The number of urea groups is 1. The monoisotopic (exact) mass is 456 g/mol. The Morgan fingerprint density at radius 2 is 1.85 bits per heavy atom. The van der Waals surface area contributed by atoms with Gasteiger partial charge in [-0.3, -0.25) is 4.90 Å². The van der Waals surface area contributed by atoms with Gasteiger partial charge in [0.15, 0.2) is 0 Å². The Hall–Kier alpha value is -2.28. The molecule has 182 valence electrons. The maximum absolute atomic E-state index is 12.9. The van der Waals surface area contributed by atoms with E-state index in [4.69, 9.17) is 4.74 Å². The first-order chi connectivity index (χ1) is 15.9. The molecule has 33 heavy (non-hydrogen) atoms. The molecule has 1 spiro atoms. The number of carbonyl (C=O) groups excluding carboxylic acids is 2. The van der Waals surface area contributed by atoms with Gasteiger partial charge in [-0.1, -0.05) is 31.5 Å². The third kappa shape index (κ3) is 4.98. The second-order valence-electron chi connectivity index (χ2n) is 10.1. The van der Waals surface area contributed by atoms with Crippen molar-refractivity contribution in [1.29, 1.82) is 0 Å². The predicted molar refractivity (Wildman–Crippen MR) is 131 cm³/mol. The van der Waals surface area contributed by atoms with Gasteiger partial charge in [0.25, 0.3) is 0 Å². The summed E-state index contributed by atoms with van der Waals surface area (Å²) in [6, 6.07) is 9.05. The molecule has 1 unspecified atom stereocenters. The topological polar surface area (TPSA) is 56.3 Å². The fourth-order valence-electron chi connectivity index (χ4n) is 5.81. The Labute approximate surface area is 198 Å². The Morgan fingerprint density at radius 3 is 2.58 bits per heavy atom. The smallest absolute Gasteiger partial charge is 0.409 e. The Morgan fingerprint density at radius 1 is 1.09 bits per heavy atom. The van der Waals surface area contributed by atoms with Gasteiger partial charge in [-0.15, -0.1) is 0 Å². The predicted octanol–water partition coefficient (Wildman–Crippen LogP) is 4.31. The van der Waals surface area contributed by atoms with E-state index >= 15 is 0 Å². The van der Waals surface area contributed by atoms with Crippen molar-refractivity contribution in [2.45, 2.75) is 63.3 Å². The summed E-state index contributed by atoms with van der Waals surface area (Å²) in [6.07, 6.45) is 7.14. The molecule has 3 heterocycles. The van der Waals surface area contributed by atoms with Crippen LogP contribution in [-0.4, -0.2) is 86.3 Å². The molecule has 3 aliphatic rings. The molecule has 0 aliphatic carbocycles. The zero-order valence-electron chi connectivity index (χ0n) is 20.6. The number of piperidine rings is 1. The van der Waals surface area contributed by atoms with E-state index in [1.807, 2.05) is 30.0 Å². The summed E-state index contributed by atoms with van der Waals surface area (Å²) >= 11 is 0. The normalized spacial score (nSPS) is 22.7. The average Bonchev–Trinajstić information content (AvgIpc) is 2.97. The van der Waals surface area contributed by atoms with Crippen molar-refractivity contribution in [2.75, 3.05) is 58.3 Å². The fraction of sp³-hybridized carbons (Fsp3) is 0.692. The van der Waals surface area contributed by atoms with Gasteiger partial charge in [0.2, 0.25) is 0 Å². The Bertz CT molecular complexity index is 835. The van der Waals surface area contributed by atoms with Gasteiger partial charge < -0.3 is 19.4 Å². The molecule has 0 radical (unpaired) electrons. The van der Waals surface area contributed by atoms with E-state index in [2.05, 4.69) is 30.0 Å². The maximum atomic E-state index is 12.9. The lowest BCUT2D eigenvalue weighted by molar-refractivity contribution is 0.0958. The van der Waals surface area contributed by atoms with Crippen LogP contribution >= 0.6 is 0 Å². The summed E-state index contributed by atoms with van der Waals surface area (Å²) in [5, 5.41) is 0. The van der Waals surface area contributed by atoms with Crippen LogP contribution in [0.2, 0.25) is 0 Å². The number of rotatable bonds is 4. The number of para-hydroxylation sites is 1. The lowest BCUT2D eigenvalue weighted by Crippen LogP contribution is -2.50. The van der Waals surface area contributed by atoms with Crippen LogP contribution in [0.1, 0.15) is 57.4 Å². The van der Waals surface area contributed by atoms with Crippen molar-refractivity contribution >= 4 is 17.8 Å². The Balaban J connectivity index is 1.36. The van der Waals surface area contributed by atoms with Gasteiger partial charge in [0, 0.05) is 50.9 Å². The third-order valence-electron chi connectivity index (χ3n) is 7.79. The van der Waals surface area contributed by atoms with Crippen LogP contribution in [0.5, 0.6) is 0 Å². The molecule has 1 atom stereocenters. The summed E-state index contributed by atoms with van der Waals surface area (Å²) in [5.74, 6) is 0. The van der Waals surface area contributed by atoms with Gasteiger partial charge in [-0.25, -0.2) is 9.59 Å². The van der Waals surface area contributed by atoms with Crippen molar-refractivity contribution in [3.63, 3.8) is 0 Å². The molecule has 7 heteroatoms. The second kappa shape index (κ2) is 10.3. The van der Waals surface area contributed by atoms with Gasteiger partial charge in [-0.2, -0.15) is 0 Å². The molecular formula is C26H40N4O3. The number of likely N-dealkylation sites (tertiary alicyclic amines) is 2. The molecule has 4 rings (SSSR count). The molecule has 7 nitrogen and oxygen atoms in total. The fourth-order valence-corrected chi connectivity index (χ4v) is 5.81. The number of amides is 3. The zero-order chi connectivity index (χ0) is 23.4. The van der Waals surface area contributed by atoms with E-state index in [1.165, 1.54) is 5.56 Å². The lowest BCUT2D eigenvalue weighted by Gasteiger charge is -2.43. The lowest BCUT2D eigenvalue weighted by atomic mass is 9.74. The number of hydrogen-bond acceptors (Lipinski definition) is 4. The van der Waals surface area contributed by atoms with Gasteiger partial charge in [0.05, 0.1) is 6.61 Å². The van der Waals surface area contributed by atoms with Crippen LogP contribution in [0.25, 0.3) is 0 Å². The van der Waals surface area contributed by atoms with Gasteiger partial charge in [0.1, 0.15) is 0 Å². The molecule has 0 N–H and O–H groups in total. The largest absolute Gasteiger partial charge is 0.449 e. The standard InChI is InChI=1S/C26H40N4O3/c1-4-5-19-33-25(32)29-15-8-9-21(12-16-29)28-17-13-26(14-18-28)20-30(24(31)27(2)3)23-11-7-6-10-22(23)26/h6-7,10-11,21H,4-5,8-9,12-20H2,1-3H3. The number of ether oxygens (including phenoxy) is 1. The first-order valence-corrected chi connectivity index (χ1v) is 12.7. The van der Waals surface area contributed by atoms with Crippen molar-refractivity contribution in [3.8, 4) is 0 Å². The quantitative estimate of drug-likeness (QED) is 0.634. The average molecular weight is 457 g/mol. The number of hydrogen-bond donors (Lipinski definition) is 0. The summed E-state index contributed by atoms with van der Waals surface area (Å²) in [7, 11) is 3.65. The minimum atomic E-state index is -0.144. The van der Waals surface area contributed by atoms with Crippen LogP contribution in [0.4, 0.5) is 15.3 Å². The number of anilines is 1. The molecule has 1 aromatic rings. The molecule has 0 bridgehead atoms. The van der Waals surface area contributed by atoms with Crippen molar-refractivity contribution in [3.05, 3.63) is 29.8 Å². The Kier molecular flexibility index (Phi) is 7.47. The summed E-state index contributed by atoms with van der Waals surface area (Å²) in [5.41, 5.74) is 2.47. The molecule has 2 fully saturated rings. The highest BCUT2D eigenvalue weighted by atomic mass is 16.6. The SMILES string of the molecule is CCCCOC(=O)N1CCCC(N2CCC3(CC2)CN(C(=O)N(C)C)c2ccccc23)CC1. The van der Waals surface area contributed by atoms with Crippen LogP contribution in [0, 0.1) is 0 Å². The van der Waals surface area contributed by atoms with Crippen LogP contribution < -0.4 is 4.90 Å². The minimum Gasteiger partial charge on any atom is -0.449 e. The van der Waals surface area contributed by atoms with Crippen LogP contribution in [0.3, 0.4) is 0 Å². The minimum absolute atomic E-state index is 0.0542. The highest BCUT2D eigenvalue weighted by Crippen LogP contribution is 2.47. The molecule has 0 saturated carbocycles. The first kappa shape index (κ1) is 23.9. The molecule has 1 aromatic carbocycles. The van der Waals surface area contributed by atoms with Crippen molar-refractivity contribution in [1.82, 2.24) is 14.7 Å². The van der Waals surface area contributed by atoms with E-state index in [9.17, 15) is 9.59 Å². The number of unbranched alkanes of at least 4 members (excludes halogenated alkanes) is 1. The highest BCUT2D eigenvalue weighted by Gasteiger charge is 2.47. The second-order valence-corrected chi connectivity index (χ2v) is 10.1. The molecule has 2 saturated heterocycles. The number of fused-ring (bicyclic) bond motifs is 2. The van der Waals surface area contributed by atoms with Crippen molar-refractivity contribution < 1.29 is 14.3 Å². The van der Waals surface area contributed by atoms with Crippen molar-refractivity contribution in [2.24, 2.45) is 0 Å². The number of carbonyl (C=O) groups is 2. The van der Waals surface area contributed by atoms with E-state index < -0.39 is 0 Å². The van der Waals surface area contributed by atoms with Gasteiger partial charge in [-0.05, 0) is 63.2 Å². The number of benzene rings is 1. The molecule has 3 amide bonds. The molecule has 3 aliphatic heterocycles. The number of nitrogens with zero attached hydrogens (tertiary/aromatic N) is 4. The van der Waals surface area contributed by atoms with E-state index in [1.54, 1.807) is 4.90 Å². The molecular weight excluding hydrogens is 416 g/mol. The van der Waals surface area contributed by atoms with E-state index in [0.29, 0.717) is 12.6 Å². The molecule has 0 aromatic heterocycles. The third-order valence-corrected chi connectivity index (χ3v) is 7.79. The van der Waals surface area contributed by atoms with E-state index in [-0.39, 0.29) is 17.5 Å². The van der Waals surface area contributed by atoms with Crippen LogP contribution in [-0.2, 0) is 10.2 Å². The zero-order valence-corrected chi connectivity index (χ0v) is 20.6. The highest BCUT2D eigenvalue weighted by molar-refractivity contribution is 5.95. The maximum Gasteiger partial charge on any atom is 0.409 e. The first-order valence-electron chi connectivity index (χ1n) is 12.7. The van der Waals surface area contributed by atoms with E-state index in [0.717, 1.165) is 83.4 Å². The summed E-state index contributed by atoms with van der Waals surface area (Å²) in [6.45, 7) is 7.08. The summed E-state index contributed by atoms with van der Waals surface area (Å²) in [4.78, 5) is 33.4. The van der Waals surface area contributed by atoms with Gasteiger partial charge >= 0.3 is 12.1 Å².